The highest BCUT2D eigenvalue weighted by molar-refractivity contribution is 5.93. The third-order valence-corrected chi connectivity index (χ3v) is 2.80. The third-order valence-electron chi connectivity index (χ3n) is 2.80. The Labute approximate surface area is 119 Å². The Morgan fingerprint density at radius 1 is 1.35 bits per heavy atom. The Bertz CT molecular complexity index is 486. The fourth-order valence-electron chi connectivity index (χ4n) is 1.51. The van der Waals surface area contributed by atoms with Gasteiger partial charge in [-0.3, -0.25) is 4.79 Å². The minimum atomic E-state index is -0.188. The van der Waals surface area contributed by atoms with Crippen molar-refractivity contribution in [2.45, 2.75) is 13.8 Å². The number of guanidine groups is 1. The van der Waals surface area contributed by atoms with E-state index >= 15 is 0 Å². The van der Waals surface area contributed by atoms with Crippen molar-refractivity contribution in [3.8, 4) is 0 Å². The number of methoxy groups -OCH3 is 1. The Balaban J connectivity index is 2.44. The van der Waals surface area contributed by atoms with Gasteiger partial charge in [0.15, 0.2) is 5.96 Å². The van der Waals surface area contributed by atoms with Gasteiger partial charge in [-0.2, -0.15) is 0 Å². The highest BCUT2D eigenvalue weighted by atomic mass is 16.5. The number of rotatable bonds is 6. The summed E-state index contributed by atoms with van der Waals surface area (Å²) in [4.78, 5) is 15.4. The van der Waals surface area contributed by atoms with Crippen molar-refractivity contribution in [2.75, 3.05) is 32.1 Å². The summed E-state index contributed by atoms with van der Waals surface area (Å²) in [5.74, 6) is 0.0297. The van der Waals surface area contributed by atoms with E-state index in [4.69, 9.17) is 10.5 Å². The zero-order valence-electron chi connectivity index (χ0n) is 12.2. The first-order valence-electron chi connectivity index (χ1n) is 6.42. The van der Waals surface area contributed by atoms with E-state index in [-0.39, 0.29) is 18.4 Å². The molecule has 0 bridgehead atoms. The van der Waals surface area contributed by atoms with Crippen LogP contribution in [0.3, 0.4) is 0 Å². The molecule has 4 N–H and O–H groups in total. The van der Waals surface area contributed by atoms with E-state index in [2.05, 4.69) is 15.6 Å². The number of benzene rings is 1. The smallest absolute Gasteiger partial charge is 0.241 e. The monoisotopic (exact) mass is 278 g/mol. The van der Waals surface area contributed by atoms with E-state index < -0.39 is 0 Å². The van der Waals surface area contributed by atoms with Crippen LogP contribution < -0.4 is 16.4 Å². The highest BCUT2D eigenvalue weighted by Crippen LogP contribution is 2.13. The van der Waals surface area contributed by atoms with E-state index in [0.717, 1.165) is 5.69 Å². The van der Waals surface area contributed by atoms with Crippen LogP contribution in [0.25, 0.3) is 0 Å². The normalized spacial score (nSPS) is 11.2. The SMILES string of the molecule is COCCNC(=O)CN=C(N)Nc1ccc(C)c(C)c1. The second kappa shape index (κ2) is 8.16. The maximum absolute atomic E-state index is 11.4. The van der Waals surface area contributed by atoms with E-state index in [1.165, 1.54) is 11.1 Å². The summed E-state index contributed by atoms with van der Waals surface area (Å²) in [6.07, 6.45) is 0. The highest BCUT2D eigenvalue weighted by Gasteiger charge is 2.01. The zero-order valence-corrected chi connectivity index (χ0v) is 12.2. The van der Waals surface area contributed by atoms with Crippen molar-refractivity contribution in [3.05, 3.63) is 29.3 Å². The average Bonchev–Trinajstić information content (AvgIpc) is 2.41. The maximum Gasteiger partial charge on any atom is 0.241 e. The summed E-state index contributed by atoms with van der Waals surface area (Å²) in [6.45, 7) is 5.01. The van der Waals surface area contributed by atoms with Crippen LogP contribution in [-0.2, 0) is 9.53 Å². The van der Waals surface area contributed by atoms with Gasteiger partial charge in [-0.1, -0.05) is 6.07 Å². The topological polar surface area (TPSA) is 88.7 Å². The molecule has 0 aliphatic carbocycles. The minimum absolute atomic E-state index is 0.00656. The van der Waals surface area contributed by atoms with Gasteiger partial charge in [-0.15, -0.1) is 0 Å². The average molecular weight is 278 g/mol. The molecule has 0 spiro atoms. The molecule has 0 saturated carbocycles. The molecule has 1 aromatic carbocycles. The van der Waals surface area contributed by atoms with Crippen molar-refractivity contribution >= 4 is 17.6 Å². The second-order valence-electron chi connectivity index (χ2n) is 4.47. The molecule has 0 unspecified atom stereocenters. The Hall–Kier alpha value is -2.08. The van der Waals surface area contributed by atoms with Gasteiger partial charge in [0.1, 0.15) is 6.54 Å². The molecule has 0 heterocycles. The van der Waals surface area contributed by atoms with Crippen LogP contribution >= 0.6 is 0 Å². The molecule has 1 amide bonds. The van der Waals surface area contributed by atoms with Crippen LogP contribution in [0.5, 0.6) is 0 Å². The number of anilines is 1. The van der Waals surface area contributed by atoms with Gasteiger partial charge in [0, 0.05) is 19.3 Å². The van der Waals surface area contributed by atoms with E-state index in [1.807, 2.05) is 32.0 Å². The van der Waals surface area contributed by atoms with Gasteiger partial charge in [0.25, 0.3) is 0 Å². The van der Waals surface area contributed by atoms with Crippen molar-refractivity contribution in [1.29, 1.82) is 0 Å². The number of hydrogen-bond donors (Lipinski definition) is 3. The molecule has 110 valence electrons. The molecular formula is C14H22N4O2. The predicted molar refractivity (Wildman–Crippen MR) is 80.9 cm³/mol. The summed E-state index contributed by atoms with van der Waals surface area (Å²) in [5, 5.41) is 5.62. The Kier molecular flexibility index (Phi) is 6.52. The minimum Gasteiger partial charge on any atom is -0.383 e. The van der Waals surface area contributed by atoms with Gasteiger partial charge in [0.2, 0.25) is 5.91 Å². The summed E-state index contributed by atoms with van der Waals surface area (Å²) in [6, 6.07) is 5.90. The summed E-state index contributed by atoms with van der Waals surface area (Å²) >= 11 is 0. The lowest BCUT2D eigenvalue weighted by Gasteiger charge is -2.08. The van der Waals surface area contributed by atoms with Crippen LogP contribution in [0.15, 0.2) is 23.2 Å². The lowest BCUT2D eigenvalue weighted by Crippen LogP contribution is -2.31. The number of aryl methyl sites for hydroxylation is 2. The van der Waals surface area contributed by atoms with Gasteiger partial charge in [0.05, 0.1) is 6.61 Å². The number of aliphatic imine (C=N–C) groups is 1. The van der Waals surface area contributed by atoms with Gasteiger partial charge in [-0.05, 0) is 37.1 Å². The van der Waals surface area contributed by atoms with Crippen LogP contribution in [-0.4, -0.2) is 38.7 Å². The van der Waals surface area contributed by atoms with E-state index in [9.17, 15) is 4.79 Å². The molecule has 0 radical (unpaired) electrons. The van der Waals surface area contributed by atoms with Crippen molar-refractivity contribution in [2.24, 2.45) is 10.7 Å². The predicted octanol–water partition coefficient (Wildman–Crippen LogP) is 0.793. The standard InChI is InChI=1S/C14H22N4O2/c1-10-4-5-12(8-11(10)2)18-14(15)17-9-13(19)16-6-7-20-3/h4-5,8H,6-7,9H2,1-3H3,(H,16,19)(H3,15,17,18). The summed E-state index contributed by atoms with van der Waals surface area (Å²) < 4.78 is 4.83. The quantitative estimate of drug-likeness (QED) is 0.408. The lowest BCUT2D eigenvalue weighted by molar-refractivity contribution is -0.119. The number of amides is 1. The maximum atomic E-state index is 11.4. The molecule has 1 aromatic rings. The fraction of sp³-hybridized carbons (Fsp3) is 0.429. The van der Waals surface area contributed by atoms with Gasteiger partial charge < -0.3 is 21.1 Å². The number of nitrogens with zero attached hydrogens (tertiary/aromatic N) is 1. The molecule has 20 heavy (non-hydrogen) atoms. The molecule has 1 rings (SSSR count). The van der Waals surface area contributed by atoms with Crippen LogP contribution in [0.4, 0.5) is 5.69 Å². The van der Waals surface area contributed by atoms with E-state index in [1.54, 1.807) is 7.11 Å². The molecule has 0 fully saturated rings. The Morgan fingerprint density at radius 2 is 2.10 bits per heavy atom. The molecular weight excluding hydrogens is 256 g/mol. The number of nitrogens with two attached hydrogens (primary N) is 1. The van der Waals surface area contributed by atoms with Crippen LogP contribution in [0.1, 0.15) is 11.1 Å². The number of carbonyl (C=O) groups excluding carboxylic acids is 1. The molecule has 6 heteroatoms. The fourth-order valence-corrected chi connectivity index (χ4v) is 1.51. The molecule has 6 nitrogen and oxygen atoms in total. The first-order valence-corrected chi connectivity index (χ1v) is 6.42. The van der Waals surface area contributed by atoms with Crippen molar-refractivity contribution < 1.29 is 9.53 Å². The van der Waals surface area contributed by atoms with E-state index in [0.29, 0.717) is 13.2 Å². The second-order valence-corrected chi connectivity index (χ2v) is 4.47. The lowest BCUT2D eigenvalue weighted by atomic mass is 10.1. The third kappa shape index (κ3) is 5.71. The van der Waals surface area contributed by atoms with Crippen molar-refractivity contribution in [1.82, 2.24) is 5.32 Å². The van der Waals surface area contributed by atoms with Crippen LogP contribution in [0.2, 0.25) is 0 Å². The number of nitrogens with one attached hydrogen (secondary N) is 2. The summed E-state index contributed by atoms with van der Waals surface area (Å²) in [5.41, 5.74) is 8.97. The molecule has 0 aromatic heterocycles. The number of hydrogen-bond acceptors (Lipinski definition) is 3. The Morgan fingerprint density at radius 3 is 2.75 bits per heavy atom. The number of carbonyl (C=O) groups is 1. The van der Waals surface area contributed by atoms with Gasteiger partial charge >= 0.3 is 0 Å². The molecule has 0 atom stereocenters. The zero-order chi connectivity index (χ0) is 15.0. The van der Waals surface area contributed by atoms with Crippen molar-refractivity contribution in [3.63, 3.8) is 0 Å². The molecule has 0 saturated heterocycles. The number of ether oxygens (including phenoxy) is 1. The van der Waals surface area contributed by atoms with Gasteiger partial charge in [-0.25, -0.2) is 4.99 Å². The first kappa shape index (κ1) is 16.0. The molecule has 0 aliphatic heterocycles. The summed E-state index contributed by atoms with van der Waals surface area (Å²) in [7, 11) is 1.58. The first-order chi connectivity index (χ1) is 9.52. The molecule has 0 aliphatic rings. The largest absolute Gasteiger partial charge is 0.383 e. The van der Waals surface area contributed by atoms with Crippen LogP contribution in [0, 0.1) is 13.8 Å².